The van der Waals surface area contributed by atoms with Crippen LogP contribution in [0.25, 0.3) is 0 Å². The van der Waals surface area contributed by atoms with Crippen molar-refractivity contribution >= 4 is 15.7 Å². The Morgan fingerprint density at radius 3 is 2.38 bits per heavy atom. The van der Waals surface area contributed by atoms with E-state index in [0.717, 1.165) is 0 Å². The molecule has 1 aliphatic rings. The van der Waals surface area contributed by atoms with E-state index in [-0.39, 0.29) is 18.0 Å². The van der Waals surface area contributed by atoms with Crippen molar-refractivity contribution in [2.45, 2.75) is 43.8 Å². The van der Waals surface area contributed by atoms with Gasteiger partial charge in [0.25, 0.3) is 0 Å². The van der Waals surface area contributed by atoms with Gasteiger partial charge in [0, 0.05) is 25.5 Å². The van der Waals surface area contributed by atoms with Crippen molar-refractivity contribution in [3.8, 4) is 0 Å². The van der Waals surface area contributed by atoms with Crippen molar-refractivity contribution in [2.75, 3.05) is 18.5 Å². The van der Waals surface area contributed by atoms with E-state index < -0.39 is 21.2 Å². The minimum atomic E-state index is -3.70. The van der Waals surface area contributed by atoms with Crippen LogP contribution in [0.15, 0.2) is 23.4 Å². The minimum absolute atomic E-state index is 0.0704. The summed E-state index contributed by atoms with van der Waals surface area (Å²) in [4.78, 5) is 3.96. The largest absolute Gasteiger partial charge is 0.367 e. The highest BCUT2D eigenvalue weighted by molar-refractivity contribution is 7.89. The SMILES string of the molecule is CC1(C)CN(S(=O)(=O)c2cnccc2NN)CC(C)(C)O1. The zero-order valence-corrected chi connectivity index (χ0v) is 13.6. The number of aromatic nitrogens is 1. The number of morpholine rings is 1. The first kappa shape index (κ1) is 16.2. The second kappa shape index (κ2) is 5.20. The van der Waals surface area contributed by atoms with Crippen molar-refractivity contribution in [1.29, 1.82) is 0 Å². The van der Waals surface area contributed by atoms with Gasteiger partial charge in [-0.25, -0.2) is 8.42 Å². The lowest BCUT2D eigenvalue weighted by Crippen LogP contribution is -2.58. The normalized spacial score (nSPS) is 22.0. The van der Waals surface area contributed by atoms with Crippen molar-refractivity contribution < 1.29 is 13.2 Å². The van der Waals surface area contributed by atoms with E-state index in [9.17, 15) is 8.42 Å². The van der Waals surface area contributed by atoms with Gasteiger partial charge in [-0.3, -0.25) is 10.8 Å². The Balaban J connectivity index is 2.44. The summed E-state index contributed by atoms with van der Waals surface area (Å²) in [6.45, 7) is 8.06. The number of nitrogen functional groups attached to an aromatic ring is 1. The zero-order chi connectivity index (χ0) is 15.9. The average molecular weight is 314 g/mol. The smallest absolute Gasteiger partial charge is 0.246 e. The van der Waals surface area contributed by atoms with Gasteiger partial charge in [0.15, 0.2) is 0 Å². The van der Waals surface area contributed by atoms with Crippen LogP contribution in [0, 0.1) is 0 Å². The average Bonchev–Trinajstić information content (AvgIpc) is 2.35. The molecule has 2 rings (SSSR count). The number of nitrogens with zero attached hydrogens (tertiary/aromatic N) is 2. The summed E-state index contributed by atoms with van der Waals surface area (Å²) in [5.41, 5.74) is 1.61. The fourth-order valence-electron chi connectivity index (χ4n) is 2.73. The molecule has 0 unspecified atom stereocenters. The molecule has 3 N–H and O–H groups in total. The molecule has 0 aliphatic carbocycles. The van der Waals surface area contributed by atoms with E-state index in [1.807, 2.05) is 27.7 Å². The van der Waals surface area contributed by atoms with Gasteiger partial charge >= 0.3 is 0 Å². The van der Waals surface area contributed by atoms with Gasteiger partial charge in [0.2, 0.25) is 10.0 Å². The molecule has 2 heterocycles. The first-order valence-corrected chi connectivity index (χ1v) is 8.12. The molecule has 0 radical (unpaired) electrons. The van der Waals surface area contributed by atoms with Gasteiger partial charge in [0.05, 0.1) is 16.9 Å². The Morgan fingerprint density at radius 2 is 1.86 bits per heavy atom. The Labute approximate surface area is 125 Å². The van der Waals surface area contributed by atoms with Crippen molar-refractivity contribution in [3.63, 3.8) is 0 Å². The zero-order valence-electron chi connectivity index (χ0n) is 12.8. The third-order valence-corrected chi connectivity index (χ3v) is 5.04. The fourth-order valence-corrected chi connectivity index (χ4v) is 4.57. The second-order valence-electron chi connectivity index (χ2n) is 6.41. The van der Waals surface area contributed by atoms with Gasteiger partial charge < -0.3 is 10.2 Å². The van der Waals surface area contributed by atoms with Crippen molar-refractivity contribution in [3.05, 3.63) is 18.5 Å². The Morgan fingerprint density at radius 1 is 1.29 bits per heavy atom. The number of rotatable bonds is 3. The number of anilines is 1. The van der Waals surface area contributed by atoms with Crippen LogP contribution in [0.2, 0.25) is 0 Å². The minimum Gasteiger partial charge on any atom is -0.367 e. The molecule has 0 saturated carbocycles. The molecular formula is C13H22N4O3S. The standard InChI is InChI=1S/C13H22N4O3S/c1-12(2)8-17(9-13(3,4)20-12)21(18,19)11-7-15-6-5-10(11)16-14/h5-7H,8-9,14H2,1-4H3,(H,15,16). The van der Waals surface area contributed by atoms with Gasteiger partial charge in [-0.05, 0) is 33.8 Å². The van der Waals surface area contributed by atoms with E-state index in [0.29, 0.717) is 5.69 Å². The van der Waals surface area contributed by atoms with Crippen LogP contribution in [0.5, 0.6) is 0 Å². The number of hydrogen-bond donors (Lipinski definition) is 2. The molecular weight excluding hydrogens is 292 g/mol. The number of nitrogens with two attached hydrogens (primary N) is 1. The molecule has 0 atom stereocenters. The predicted molar refractivity (Wildman–Crippen MR) is 80.0 cm³/mol. The third-order valence-electron chi connectivity index (χ3n) is 3.22. The predicted octanol–water partition coefficient (Wildman–Crippen LogP) is 0.945. The summed E-state index contributed by atoms with van der Waals surface area (Å²) < 4.78 is 33.1. The molecule has 118 valence electrons. The molecule has 7 nitrogen and oxygen atoms in total. The highest BCUT2D eigenvalue weighted by Crippen LogP contribution is 2.33. The van der Waals surface area contributed by atoms with Crippen LogP contribution in [-0.4, -0.2) is 42.0 Å². The molecule has 1 aromatic heterocycles. The highest BCUT2D eigenvalue weighted by atomic mass is 32.2. The molecule has 0 aromatic carbocycles. The molecule has 1 aliphatic heterocycles. The lowest BCUT2D eigenvalue weighted by atomic mass is 10.0. The molecule has 0 spiro atoms. The number of ether oxygens (including phenoxy) is 1. The Kier molecular flexibility index (Phi) is 4.00. The molecule has 0 amide bonds. The summed E-state index contributed by atoms with van der Waals surface area (Å²) in [6, 6.07) is 1.53. The van der Waals surface area contributed by atoms with Gasteiger partial charge in [-0.2, -0.15) is 4.31 Å². The monoisotopic (exact) mass is 314 g/mol. The summed E-state index contributed by atoms with van der Waals surface area (Å²) in [6.07, 6.45) is 2.79. The van der Waals surface area contributed by atoms with Crippen molar-refractivity contribution in [2.24, 2.45) is 5.84 Å². The maximum Gasteiger partial charge on any atom is 0.246 e. The third kappa shape index (κ3) is 3.34. The van der Waals surface area contributed by atoms with Gasteiger partial charge in [-0.1, -0.05) is 0 Å². The highest BCUT2D eigenvalue weighted by Gasteiger charge is 2.43. The quantitative estimate of drug-likeness (QED) is 0.637. The van der Waals surface area contributed by atoms with E-state index in [4.69, 9.17) is 10.6 Å². The fraction of sp³-hybridized carbons (Fsp3) is 0.615. The van der Waals surface area contributed by atoms with E-state index >= 15 is 0 Å². The first-order valence-electron chi connectivity index (χ1n) is 6.68. The second-order valence-corrected chi connectivity index (χ2v) is 8.32. The van der Waals surface area contributed by atoms with Crippen LogP contribution >= 0.6 is 0 Å². The summed E-state index contributed by atoms with van der Waals surface area (Å²) in [5, 5.41) is 0. The molecule has 8 heteroatoms. The first-order chi connectivity index (χ1) is 9.57. The molecule has 21 heavy (non-hydrogen) atoms. The lowest BCUT2D eigenvalue weighted by molar-refractivity contribution is -0.163. The van der Waals surface area contributed by atoms with Crippen LogP contribution < -0.4 is 11.3 Å². The van der Waals surface area contributed by atoms with Crippen molar-refractivity contribution in [1.82, 2.24) is 9.29 Å². The maximum absolute atomic E-state index is 12.9. The summed E-state index contributed by atoms with van der Waals surface area (Å²) in [7, 11) is -3.70. The summed E-state index contributed by atoms with van der Waals surface area (Å²) in [5.74, 6) is 5.40. The summed E-state index contributed by atoms with van der Waals surface area (Å²) >= 11 is 0. The topological polar surface area (TPSA) is 97.6 Å². The number of hydrazine groups is 1. The number of pyridine rings is 1. The van der Waals surface area contributed by atoms with E-state index in [1.165, 1.54) is 22.8 Å². The Bertz CT molecular complexity index is 612. The van der Waals surface area contributed by atoms with Gasteiger partial charge in [-0.15, -0.1) is 0 Å². The number of hydrogen-bond acceptors (Lipinski definition) is 6. The molecule has 0 bridgehead atoms. The van der Waals surface area contributed by atoms with Crippen LogP contribution in [0.4, 0.5) is 5.69 Å². The molecule has 1 fully saturated rings. The van der Waals surface area contributed by atoms with Crippen LogP contribution in [0.1, 0.15) is 27.7 Å². The number of sulfonamides is 1. The van der Waals surface area contributed by atoms with Gasteiger partial charge in [0.1, 0.15) is 4.90 Å². The lowest BCUT2D eigenvalue weighted by Gasteiger charge is -2.46. The maximum atomic E-state index is 12.9. The van der Waals surface area contributed by atoms with E-state index in [2.05, 4.69) is 10.4 Å². The van der Waals surface area contributed by atoms with Crippen LogP contribution in [-0.2, 0) is 14.8 Å². The van der Waals surface area contributed by atoms with Crippen LogP contribution in [0.3, 0.4) is 0 Å². The molecule has 1 saturated heterocycles. The number of nitrogens with one attached hydrogen (secondary N) is 1. The Hall–Kier alpha value is -1.22. The molecule has 1 aromatic rings. The van der Waals surface area contributed by atoms with E-state index in [1.54, 1.807) is 0 Å².